The van der Waals surface area contributed by atoms with Gasteiger partial charge in [0.15, 0.2) is 11.6 Å². The van der Waals surface area contributed by atoms with Gasteiger partial charge in [0.2, 0.25) is 11.2 Å². The number of para-hydroxylation sites is 2. The van der Waals surface area contributed by atoms with Crippen LogP contribution in [0.15, 0.2) is 122 Å². The Morgan fingerprint density at radius 3 is 1.41 bits per heavy atom. The Balaban J connectivity index is 0.000000370. The number of nitro groups is 1. The number of anilines is 2. The second-order valence-corrected chi connectivity index (χ2v) is 24.8. The van der Waals surface area contributed by atoms with Gasteiger partial charge in [0.05, 0.1) is 41.7 Å². The van der Waals surface area contributed by atoms with Crippen LogP contribution < -0.4 is 47.6 Å². The van der Waals surface area contributed by atoms with Crippen LogP contribution in [0, 0.1) is 38.7 Å². The largest absolute Gasteiger partial charge is 2.00 e. The summed E-state index contributed by atoms with van der Waals surface area (Å²) in [5.74, 6) is 0.936. The maximum Gasteiger partial charge on any atom is 2.00 e. The van der Waals surface area contributed by atoms with E-state index >= 15 is 0 Å². The van der Waals surface area contributed by atoms with Gasteiger partial charge < -0.3 is 87.8 Å². The third-order valence-electron chi connectivity index (χ3n) is 12.9. The number of carbonyl (C=O) groups is 2. The molecule has 0 radical (unpaired) electrons. The number of carbonyl (C=O) groups excluding carboxylic acids is 2. The van der Waals surface area contributed by atoms with E-state index in [1.165, 1.54) is 90.0 Å². The van der Waals surface area contributed by atoms with Gasteiger partial charge >= 0.3 is 50.5 Å². The van der Waals surface area contributed by atoms with Crippen molar-refractivity contribution in [2.45, 2.75) is 134 Å². The number of halogens is 2. The molecule has 2 aliphatic rings. The number of rotatable bonds is 21. The van der Waals surface area contributed by atoms with E-state index in [0.29, 0.717) is 11.0 Å². The number of nitrogens with one attached hydrogen (secondary N) is 2. The van der Waals surface area contributed by atoms with E-state index in [2.05, 4.69) is 51.1 Å². The molecule has 0 bridgehead atoms. The quantitative estimate of drug-likeness (QED) is 0.0124. The average Bonchev–Trinajstić information content (AvgIpc) is 1.60. The summed E-state index contributed by atoms with van der Waals surface area (Å²) in [5.41, 5.74) is 8.63. The van der Waals surface area contributed by atoms with E-state index in [9.17, 15) is 64.9 Å². The zero-order valence-corrected chi connectivity index (χ0v) is 56.7. The fourth-order valence-corrected chi connectivity index (χ4v) is 11.7. The molecule has 0 amide bonds. The van der Waals surface area contributed by atoms with Crippen LogP contribution >= 0.6 is 15.5 Å². The number of benzene rings is 3. The molecule has 95 heavy (non-hydrogen) atoms. The van der Waals surface area contributed by atoms with Crippen LogP contribution in [0.1, 0.15) is 73.7 Å². The number of ether oxygens (including phenoxy) is 4. The van der Waals surface area contributed by atoms with Crippen molar-refractivity contribution in [1.29, 1.82) is 10.5 Å². The van der Waals surface area contributed by atoms with Crippen molar-refractivity contribution < 1.29 is 103 Å². The Morgan fingerprint density at radius 2 is 1.04 bits per heavy atom. The zero-order chi connectivity index (χ0) is 67.9. The molecule has 12 atom stereocenters. The Hall–Kier alpha value is -7.73. The minimum absolute atomic E-state index is 0. The molecule has 0 spiro atoms. The molecule has 4 aromatic heterocycles. The number of esters is 2. The normalized spacial score (nSPS) is 22.0. The molecule has 3 aromatic carbocycles. The standard InChI is InChI=1S/C24H29N6O8P.C18H21N2O7P.C12H13N5O4.C4H9.ClH.FH.Mg/c1-14(2)36-23(33)15(3)29-39(34,38-16-7-5-4-6-8-16)35-11-18-20(31)21(32)24(12-25,37-18)19-10-9-17-22(26)27-13-28-30(17)19;1-13(2)25-18(21)14(3)19-28(24,26-16-7-5-4-6-8-16)27-17-11-9-15(10-12-17)20(22)23;13-4-12(10(20)9(19)7(3-18)21-12)8-2-1-6-11(14)15-5-16-17(6)8;1-4(2)3;;;/h4-10,13-15,18,20-21,31-32H,11H2,1-3H3,(H,29,34)(H2,26,27,28);4-14H,1-3H3,(H,19,24);1-2,5,7,9-10,18-20H,3H2,(H2,14,15,16);1-3H3;2*1H;/q;;;-1;;;+2/p-1/t15-,18+,20+,21+,24-,39-;14-,28-;7-,9-,10-,12+;;;;/m001..../s1. The number of aliphatic hydroxyl groups excluding tert-OH is 5. The Kier molecular flexibility index (Phi) is 30.8. The number of hydrogen-bond acceptors (Lipinski definition) is 27. The number of non-ortho nitro benzene ring substituents is 1. The summed E-state index contributed by atoms with van der Waals surface area (Å²) in [6.07, 6.45) is -7.08. The summed E-state index contributed by atoms with van der Waals surface area (Å²) in [5, 5.41) is 94.5. The molecular formula is C58H73ClFMgN13O19P2. The molecule has 32 nitrogen and oxygen atoms in total. The SMILES string of the molecule is CC(C)OC(=O)[C@H](C)N[P@](=O)(OC[C@H]1O[C@@](C#N)(c2ccc3c(N)ncnn23)[C@H](O)[C@@H]1O)Oc1ccccc1.CC(C)OC(=O)[C@H](C)N[P@](=O)(Oc1ccccc1)Oc1ccc([N+](=O)[O-])cc1.C[C-](C)C.F.N#C[C@@]1(c2ccc3c(N)ncnn23)O[C@H](CO)[C@@H](O)[C@H]1O.[Cl-].[Mg+2]. The number of fused-ring (bicyclic) bond motifs is 2. The number of aromatic nitrogens is 6. The summed E-state index contributed by atoms with van der Waals surface area (Å²) < 4.78 is 73.3. The van der Waals surface area contributed by atoms with Gasteiger partial charge in [-0.1, -0.05) is 36.4 Å². The topological polar surface area (TPSA) is 470 Å². The molecule has 2 saturated heterocycles. The molecule has 37 heteroatoms. The predicted molar refractivity (Wildman–Crippen MR) is 335 cm³/mol. The number of nitrogen functional groups attached to an aromatic ring is 2. The Morgan fingerprint density at radius 1 is 0.674 bits per heavy atom. The number of hydrogen-bond donors (Lipinski definition) is 9. The summed E-state index contributed by atoms with van der Waals surface area (Å²) >= 11 is 0. The number of nitrogens with zero attached hydrogens (tertiary/aromatic N) is 9. The number of nitro benzene ring substituents is 1. The van der Waals surface area contributed by atoms with Crippen LogP contribution in [0.2, 0.25) is 0 Å². The van der Waals surface area contributed by atoms with Crippen LogP contribution in [0.3, 0.4) is 0 Å². The van der Waals surface area contributed by atoms with Crippen molar-refractivity contribution in [3.05, 3.63) is 149 Å². The second-order valence-electron chi connectivity index (χ2n) is 21.5. The van der Waals surface area contributed by atoms with Crippen LogP contribution in [0.25, 0.3) is 11.0 Å². The van der Waals surface area contributed by atoms with E-state index in [1.807, 2.05) is 12.1 Å². The Labute approximate surface area is 567 Å². The first-order valence-electron chi connectivity index (χ1n) is 28.2. The molecule has 6 heterocycles. The van der Waals surface area contributed by atoms with Gasteiger partial charge in [0, 0.05) is 12.1 Å². The van der Waals surface area contributed by atoms with E-state index in [4.69, 9.17) is 48.5 Å². The average molecular weight is 1400 g/mol. The van der Waals surface area contributed by atoms with Crippen LogP contribution in [-0.4, -0.2) is 169 Å². The summed E-state index contributed by atoms with van der Waals surface area (Å²) in [7, 11) is -8.37. The van der Waals surface area contributed by atoms with Gasteiger partial charge in [0.25, 0.3) is 5.69 Å². The maximum atomic E-state index is 13.7. The fourth-order valence-electron chi connectivity index (χ4n) is 8.70. The molecule has 0 unspecified atom stereocenters. The van der Waals surface area contributed by atoms with Gasteiger partial charge in [0.1, 0.15) is 102 Å². The molecule has 2 aliphatic heterocycles. The van der Waals surface area contributed by atoms with Crippen molar-refractivity contribution in [1.82, 2.24) is 39.4 Å². The molecule has 9 rings (SSSR count). The van der Waals surface area contributed by atoms with Gasteiger partial charge in [-0.2, -0.15) is 51.7 Å². The van der Waals surface area contributed by atoms with Crippen LogP contribution in [0.5, 0.6) is 17.2 Å². The minimum atomic E-state index is -4.30. The molecular weight excluding hydrogens is 1320 g/mol. The molecule has 7 aromatic rings. The first-order chi connectivity index (χ1) is 43.5. The van der Waals surface area contributed by atoms with E-state index in [0.717, 1.165) is 0 Å². The molecule has 11 N–H and O–H groups in total. The van der Waals surface area contributed by atoms with Crippen molar-refractivity contribution in [3.63, 3.8) is 0 Å². The first kappa shape index (κ1) is 81.5. The smallest absolute Gasteiger partial charge is 1.00 e. The van der Waals surface area contributed by atoms with E-state index in [1.54, 1.807) is 88.4 Å². The third-order valence-corrected chi connectivity index (χ3v) is 16.1. The number of nitrogens with two attached hydrogens (primary N) is 2. The van der Waals surface area contributed by atoms with Gasteiger partial charge in [-0.05, 0) is 102 Å². The maximum absolute atomic E-state index is 13.7. The monoisotopic (exact) mass is 1400 g/mol. The summed E-state index contributed by atoms with van der Waals surface area (Å²) in [6.45, 7) is 14.7. The van der Waals surface area contributed by atoms with E-state index < -0.39 is 112 Å². The fraction of sp³-hybridized carbons (Fsp3) is 0.397. The minimum Gasteiger partial charge on any atom is -1.00 e. The number of aliphatic hydroxyl groups is 5. The van der Waals surface area contributed by atoms with Gasteiger partial charge in [-0.25, -0.2) is 28.1 Å². The Bertz CT molecular complexity index is 3820. The third kappa shape index (κ3) is 20.4. The van der Waals surface area contributed by atoms with Crippen molar-refractivity contribution in [2.24, 2.45) is 0 Å². The molecule has 0 aliphatic carbocycles. The first-order valence-corrected chi connectivity index (χ1v) is 31.2. The second kappa shape index (κ2) is 35.9. The van der Waals surface area contributed by atoms with Crippen LogP contribution in [0.4, 0.5) is 22.0 Å². The predicted octanol–water partition coefficient (Wildman–Crippen LogP) is 1.91. The van der Waals surface area contributed by atoms with Crippen LogP contribution in [-0.2, 0) is 53.4 Å². The van der Waals surface area contributed by atoms with Crippen molar-refractivity contribution in [2.75, 3.05) is 24.7 Å². The van der Waals surface area contributed by atoms with E-state index in [-0.39, 0.29) is 92.2 Å². The number of nitriles is 2. The molecule has 0 saturated carbocycles. The zero-order valence-electron chi connectivity index (χ0n) is 52.8. The van der Waals surface area contributed by atoms with Gasteiger partial charge in [-0.3, -0.25) is 28.9 Å². The van der Waals surface area contributed by atoms with Gasteiger partial charge in [-0.15, -0.1) is 0 Å². The summed E-state index contributed by atoms with van der Waals surface area (Å²) in [6, 6.07) is 29.2. The van der Waals surface area contributed by atoms with Crippen molar-refractivity contribution >= 4 is 78.8 Å². The molecule has 510 valence electrons. The van der Waals surface area contributed by atoms with Crippen molar-refractivity contribution in [3.8, 4) is 29.4 Å². The summed E-state index contributed by atoms with van der Waals surface area (Å²) in [4.78, 5) is 42.3. The molecule has 2 fully saturated rings.